The fourth-order valence-corrected chi connectivity index (χ4v) is 2.32. The maximum Gasteiger partial charge on any atom is 0.268 e. The van der Waals surface area contributed by atoms with Gasteiger partial charge in [0.25, 0.3) is 4.74 Å². The predicted octanol–water partition coefficient (Wildman–Crippen LogP) is 2.81. The topological polar surface area (TPSA) is 22.0 Å². The number of hydrogen-bond acceptors (Lipinski definition) is 2. The van der Waals surface area contributed by atoms with Crippen LogP contribution in [-0.4, -0.2) is 3.96 Å². The molecule has 78 valence electrons. The number of benzene rings is 1. The van der Waals surface area contributed by atoms with Crippen LogP contribution in [0.1, 0.15) is 5.56 Å². The predicted molar refractivity (Wildman–Crippen MR) is 63.7 cm³/mol. The molecule has 1 aromatic heterocycles. The van der Waals surface area contributed by atoms with E-state index in [0.29, 0.717) is 5.02 Å². The van der Waals surface area contributed by atoms with Crippen molar-refractivity contribution in [2.45, 2.75) is 13.0 Å². The average molecular weight is 240 g/mol. The van der Waals surface area contributed by atoms with Crippen molar-refractivity contribution < 1.29 is 0 Å². The van der Waals surface area contributed by atoms with Crippen LogP contribution in [0.5, 0.6) is 0 Å². The number of rotatable bonds is 3. The quantitative estimate of drug-likeness (QED) is 0.807. The van der Waals surface area contributed by atoms with Crippen molar-refractivity contribution in [3.8, 4) is 0 Å². The van der Waals surface area contributed by atoms with Crippen LogP contribution in [0.3, 0.4) is 0 Å². The SMILES string of the molecule is O=c1sn(CCc2ccccc2)cc1Cl. The number of halogens is 1. The molecule has 15 heavy (non-hydrogen) atoms. The fraction of sp³-hybridized carbons (Fsp3) is 0.182. The van der Waals surface area contributed by atoms with Crippen LogP contribution in [0.4, 0.5) is 0 Å². The van der Waals surface area contributed by atoms with Crippen LogP contribution in [0.15, 0.2) is 41.3 Å². The van der Waals surface area contributed by atoms with E-state index in [2.05, 4.69) is 12.1 Å². The Morgan fingerprint density at radius 2 is 2.00 bits per heavy atom. The van der Waals surface area contributed by atoms with Crippen molar-refractivity contribution in [2.75, 3.05) is 0 Å². The number of aryl methyl sites for hydroxylation is 2. The summed E-state index contributed by atoms with van der Waals surface area (Å²) < 4.78 is 1.81. The zero-order valence-electron chi connectivity index (χ0n) is 8.02. The Labute approximate surface area is 96.9 Å². The summed E-state index contributed by atoms with van der Waals surface area (Å²) in [5, 5.41) is 0.313. The second-order valence-electron chi connectivity index (χ2n) is 3.23. The third-order valence-corrected chi connectivity index (χ3v) is 3.41. The van der Waals surface area contributed by atoms with Gasteiger partial charge >= 0.3 is 0 Å². The summed E-state index contributed by atoms with van der Waals surface area (Å²) in [6, 6.07) is 10.2. The molecule has 2 rings (SSSR count). The number of hydrogen-bond donors (Lipinski definition) is 0. The van der Waals surface area contributed by atoms with Gasteiger partial charge in [0.15, 0.2) is 0 Å². The second kappa shape index (κ2) is 4.64. The Bertz CT molecular complexity index is 489. The Balaban J connectivity index is 2.02. The lowest BCUT2D eigenvalue weighted by molar-refractivity contribution is 0.754. The molecule has 4 heteroatoms. The summed E-state index contributed by atoms with van der Waals surface area (Å²) >= 11 is 6.85. The van der Waals surface area contributed by atoms with Gasteiger partial charge in [-0.1, -0.05) is 41.9 Å². The van der Waals surface area contributed by atoms with Crippen LogP contribution >= 0.6 is 23.1 Å². The molecule has 0 saturated heterocycles. The van der Waals surface area contributed by atoms with Crippen molar-refractivity contribution in [1.82, 2.24) is 3.96 Å². The zero-order valence-corrected chi connectivity index (χ0v) is 9.59. The number of aromatic nitrogens is 1. The summed E-state index contributed by atoms with van der Waals surface area (Å²) in [5.74, 6) is 0. The molecule has 0 saturated carbocycles. The molecule has 0 aliphatic heterocycles. The molecule has 0 unspecified atom stereocenters. The molecular weight excluding hydrogens is 230 g/mol. The first-order valence-electron chi connectivity index (χ1n) is 4.66. The fourth-order valence-electron chi connectivity index (χ4n) is 1.35. The van der Waals surface area contributed by atoms with Gasteiger partial charge in [-0.05, 0) is 23.5 Å². The van der Waals surface area contributed by atoms with Crippen molar-refractivity contribution in [1.29, 1.82) is 0 Å². The Morgan fingerprint density at radius 1 is 1.27 bits per heavy atom. The smallest absolute Gasteiger partial charge is 0.268 e. The molecule has 0 aliphatic rings. The summed E-state index contributed by atoms with van der Waals surface area (Å²) in [5.41, 5.74) is 1.27. The van der Waals surface area contributed by atoms with Gasteiger partial charge in [0.2, 0.25) is 0 Å². The van der Waals surface area contributed by atoms with Gasteiger partial charge in [0.1, 0.15) is 5.02 Å². The van der Waals surface area contributed by atoms with Crippen molar-refractivity contribution in [3.63, 3.8) is 0 Å². The van der Waals surface area contributed by atoms with Crippen molar-refractivity contribution in [3.05, 3.63) is 56.7 Å². The van der Waals surface area contributed by atoms with E-state index in [1.165, 1.54) is 5.56 Å². The highest BCUT2D eigenvalue weighted by molar-refractivity contribution is 7.04. The van der Waals surface area contributed by atoms with Gasteiger partial charge in [0, 0.05) is 12.7 Å². The average Bonchev–Trinajstić information content (AvgIpc) is 2.57. The largest absolute Gasteiger partial charge is 0.300 e. The minimum absolute atomic E-state index is 0.0651. The van der Waals surface area contributed by atoms with Crippen LogP contribution in [0.25, 0.3) is 0 Å². The maximum absolute atomic E-state index is 11.1. The molecule has 2 aromatic rings. The Morgan fingerprint density at radius 3 is 2.60 bits per heavy atom. The molecule has 1 aromatic carbocycles. The van der Waals surface area contributed by atoms with Crippen molar-refractivity contribution in [2.24, 2.45) is 0 Å². The molecule has 0 aliphatic carbocycles. The highest BCUT2D eigenvalue weighted by Gasteiger charge is 2.01. The normalized spacial score (nSPS) is 10.5. The second-order valence-corrected chi connectivity index (χ2v) is 4.66. The summed E-state index contributed by atoms with van der Waals surface area (Å²) in [6.45, 7) is 0.802. The Kier molecular flexibility index (Phi) is 3.23. The Hall–Kier alpha value is -1.06. The van der Waals surface area contributed by atoms with Gasteiger partial charge in [-0.25, -0.2) is 0 Å². The lowest BCUT2D eigenvalue weighted by Gasteiger charge is -2.00. The molecule has 0 fully saturated rings. The monoisotopic (exact) mass is 239 g/mol. The minimum Gasteiger partial charge on any atom is -0.300 e. The van der Waals surface area contributed by atoms with Gasteiger partial charge < -0.3 is 3.96 Å². The van der Waals surface area contributed by atoms with E-state index in [1.54, 1.807) is 6.20 Å². The zero-order chi connectivity index (χ0) is 10.7. The minimum atomic E-state index is -0.0651. The lowest BCUT2D eigenvalue weighted by atomic mass is 10.2. The molecule has 0 bridgehead atoms. The first-order valence-corrected chi connectivity index (χ1v) is 5.81. The summed E-state index contributed by atoms with van der Waals surface area (Å²) in [7, 11) is 0. The van der Waals surface area contributed by atoms with E-state index in [-0.39, 0.29) is 4.74 Å². The van der Waals surface area contributed by atoms with Gasteiger partial charge in [0.05, 0.1) is 0 Å². The molecule has 0 N–H and O–H groups in total. The van der Waals surface area contributed by atoms with E-state index in [0.717, 1.165) is 24.5 Å². The van der Waals surface area contributed by atoms with E-state index >= 15 is 0 Å². The molecule has 0 radical (unpaired) electrons. The first-order chi connectivity index (χ1) is 7.25. The molecular formula is C11H10ClNOS. The molecule has 0 amide bonds. The van der Waals surface area contributed by atoms with Gasteiger partial charge in [-0.15, -0.1) is 0 Å². The molecule has 2 nitrogen and oxygen atoms in total. The van der Waals surface area contributed by atoms with E-state index in [4.69, 9.17) is 11.6 Å². The lowest BCUT2D eigenvalue weighted by Crippen LogP contribution is -1.96. The highest BCUT2D eigenvalue weighted by Crippen LogP contribution is 2.08. The number of nitrogens with zero attached hydrogens (tertiary/aromatic N) is 1. The molecule has 0 atom stereocenters. The van der Waals surface area contributed by atoms with Crippen LogP contribution < -0.4 is 4.74 Å². The van der Waals surface area contributed by atoms with E-state index < -0.39 is 0 Å². The first kappa shape index (κ1) is 10.5. The van der Waals surface area contributed by atoms with Crippen LogP contribution in [0.2, 0.25) is 5.02 Å². The summed E-state index contributed by atoms with van der Waals surface area (Å²) in [4.78, 5) is 11.1. The molecule has 0 spiro atoms. The third-order valence-electron chi connectivity index (χ3n) is 2.12. The maximum atomic E-state index is 11.1. The van der Waals surface area contributed by atoms with E-state index in [1.807, 2.05) is 22.2 Å². The van der Waals surface area contributed by atoms with Crippen LogP contribution in [-0.2, 0) is 13.0 Å². The van der Waals surface area contributed by atoms with Gasteiger partial charge in [-0.2, -0.15) is 0 Å². The standard InChI is InChI=1S/C11H10ClNOS/c12-10-8-13(15-11(10)14)7-6-9-4-2-1-3-5-9/h1-5,8H,6-7H2. The molecule has 1 heterocycles. The van der Waals surface area contributed by atoms with E-state index in [9.17, 15) is 4.79 Å². The van der Waals surface area contributed by atoms with Gasteiger partial charge in [-0.3, -0.25) is 4.79 Å². The van der Waals surface area contributed by atoms with Crippen LogP contribution in [0, 0.1) is 0 Å². The summed E-state index contributed by atoms with van der Waals surface area (Å²) in [6.07, 6.45) is 2.61. The third kappa shape index (κ3) is 2.70. The van der Waals surface area contributed by atoms with Crippen molar-refractivity contribution >= 4 is 23.1 Å². The highest BCUT2D eigenvalue weighted by atomic mass is 35.5.